The smallest absolute Gasteiger partial charge is 0.355 e. The zero-order chi connectivity index (χ0) is 16.1. The Bertz CT molecular complexity index is 699. The van der Waals surface area contributed by atoms with Crippen molar-refractivity contribution in [1.82, 2.24) is 4.90 Å². The maximum atomic E-state index is 12.3. The number of nitro benzene ring substituents is 1. The lowest BCUT2D eigenvalue weighted by atomic mass is 10.1. The van der Waals surface area contributed by atoms with Crippen LogP contribution in [0.5, 0.6) is 0 Å². The zero-order valence-corrected chi connectivity index (χ0v) is 12.7. The molecule has 0 saturated carbocycles. The van der Waals surface area contributed by atoms with E-state index in [9.17, 15) is 14.9 Å². The average Bonchev–Trinajstić information content (AvgIpc) is 2.51. The first-order chi connectivity index (χ1) is 10.6. The molecule has 1 aliphatic rings. The number of non-ortho nitro benzene ring substituents is 1. The number of hydrogen-bond donors (Lipinski definition) is 0. The Morgan fingerprint density at radius 2 is 2.23 bits per heavy atom. The van der Waals surface area contributed by atoms with Crippen molar-refractivity contribution >= 4 is 17.4 Å². The summed E-state index contributed by atoms with van der Waals surface area (Å²) >= 11 is 0. The van der Waals surface area contributed by atoms with Crippen molar-refractivity contribution in [2.24, 2.45) is 4.99 Å². The van der Waals surface area contributed by atoms with Gasteiger partial charge in [-0.3, -0.25) is 15.1 Å². The molecule has 0 amide bonds. The minimum atomic E-state index is -0.478. The second-order valence-corrected chi connectivity index (χ2v) is 4.94. The largest absolute Gasteiger partial charge is 0.461 e. The Labute approximate surface area is 128 Å². The second-order valence-electron chi connectivity index (χ2n) is 4.94. The summed E-state index contributed by atoms with van der Waals surface area (Å²) in [6, 6.07) is 4.36. The van der Waals surface area contributed by atoms with E-state index in [2.05, 4.69) is 11.9 Å². The molecule has 0 aromatic heterocycles. The molecule has 0 atom stereocenters. The number of benzene rings is 1. The number of ether oxygens (including phenoxy) is 1. The van der Waals surface area contributed by atoms with Gasteiger partial charge in [0, 0.05) is 23.9 Å². The van der Waals surface area contributed by atoms with Gasteiger partial charge >= 0.3 is 5.97 Å². The highest BCUT2D eigenvalue weighted by Crippen LogP contribution is 2.12. The summed E-state index contributed by atoms with van der Waals surface area (Å²) in [6.07, 6.45) is 1.89. The van der Waals surface area contributed by atoms with Crippen molar-refractivity contribution in [3.63, 3.8) is 0 Å². The van der Waals surface area contributed by atoms with Crippen molar-refractivity contribution in [1.29, 1.82) is 0 Å². The highest BCUT2D eigenvalue weighted by atomic mass is 16.6. The summed E-state index contributed by atoms with van der Waals surface area (Å²) in [6.45, 7) is 5.07. The van der Waals surface area contributed by atoms with Crippen molar-refractivity contribution in [3.05, 3.63) is 38.9 Å². The molecule has 0 spiro atoms. The van der Waals surface area contributed by atoms with E-state index >= 15 is 0 Å². The van der Waals surface area contributed by atoms with Gasteiger partial charge in [-0.25, -0.2) is 4.79 Å². The summed E-state index contributed by atoms with van der Waals surface area (Å²) in [4.78, 5) is 29.0. The van der Waals surface area contributed by atoms with Crippen LogP contribution >= 0.6 is 0 Å². The first-order valence-corrected chi connectivity index (χ1v) is 7.33. The third kappa shape index (κ3) is 3.24. The van der Waals surface area contributed by atoms with Crippen molar-refractivity contribution < 1.29 is 14.5 Å². The molecule has 118 valence electrons. The fourth-order valence-corrected chi connectivity index (χ4v) is 2.34. The van der Waals surface area contributed by atoms with Crippen molar-refractivity contribution in [2.45, 2.75) is 26.7 Å². The van der Waals surface area contributed by atoms with Gasteiger partial charge in [0.05, 0.1) is 16.9 Å². The summed E-state index contributed by atoms with van der Waals surface area (Å²) in [5.41, 5.74) is 0.303. The number of nitrogens with zero attached hydrogens (tertiary/aromatic N) is 3. The van der Waals surface area contributed by atoms with E-state index in [-0.39, 0.29) is 12.3 Å². The number of fused-ring (bicyclic) bond motifs is 1. The van der Waals surface area contributed by atoms with Crippen LogP contribution in [-0.4, -0.2) is 35.6 Å². The number of nitro groups is 1. The van der Waals surface area contributed by atoms with Crippen LogP contribution in [0.1, 0.15) is 26.7 Å². The summed E-state index contributed by atoms with van der Waals surface area (Å²) < 4.78 is 5.12. The van der Waals surface area contributed by atoms with E-state index in [1.165, 1.54) is 12.1 Å². The first-order valence-electron chi connectivity index (χ1n) is 7.33. The maximum Gasteiger partial charge on any atom is 0.355 e. The lowest BCUT2D eigenvalue weighted by Gasteiger charge is -2.26. The van der Waals surface area contributed by atoms with Gasteiger partial charge in [-0.05, 0) is 19.4 Å². The summed E-state index contributed by atoms with van der Waals surface area (Å²) in [7, 11) is 0. The molecule has 0 aliphatic carbocycles. The van der Waals surface area contributed by atoms with Gasteiger partial charge in [0.1, 0.15) is 12.4 Å². The van der Waals surface area contributed by atoms with Crippen LogP contribution in [0.15, 0.2) is 23.2 Å². The van der Waals surface area contributed by atoms with Crippen LogP contribution in [0, 0.1) is 10.1 Å². The number of unbranched alkanes of at least 4 members (excludes halogenated alkanes) is 1. The van der Waals surface area contributed by atoms with Crippen LogP contribution in [0.4, 0.5) is 5.69 Å². The first kappa shape index (κ1) is 15.9. The van der Waals surface area contributed by atoms with Crippen molar-refractivity contribution in [2.75, 3.05) is 19.8 Å². The molecule has 0 fully saturated rings. The molecule has 22 heavy (non-hydrogen) atoms. The van der Waals surface area contributed by atoms with Crippen LogP contribution in [0.25, 0.3) is 5.70 Å². The van der Waals surface area contributed by atoms with Crippen molar-refractivity contribution in [3.8, 4) is 0 Å². The SMILES string of the molecule is CCCCN1CN=c2ccc([N+](=O)[O-])cc2=C1C(=O)OCC. The molecule has 7 nitrogen and oxygen atoms in total. The predicted octanol–water partition coefficient (Wildman–Crippen LogP) is 0.959. The molecule has 1 aromatic carbocycles. The van der Waals surface area contributed by atoms with Crippen LogP contribution in [0.3, 0.4) is 0 Å². The lowest BCUT2D eigenvalue weighted by Crippen LogP contribution is -2.44. The highest BCUT2D eigenvalue weighted by Gasteiger charge is 2.23. The van der Waals surface area contributed by atoms with E-state index in [4.69, 9.17) is 4.74 Å². The van der Waals surface area contributed by atoms with Gasteiger partial charge in [-0.2, -0.15) is 0 Å². The van der Waals surface area contributed by atoms with E-state index in [0.29, 0.717) is 29.5 Å². The molecule has 1 aliphatic heterocycles. The fraction of sp³-hybridized carbons (Fsp3) is 0.467. The van der Waals surface area contributed by atoms with Gasteiger partial charge in [0.15, 0.2) is 0 Å². The monoisotopic (exact) mass is 305 g/mol. The highest BCUT2D eigenvalue weighted by molar-refractivity contribution is 6.08. The van der Waals surface area contributed by atoms with E-state index < -0.39 is 10.9 Å². The standard InChI is InChI=1S/C15H19N3O4/c1-3-5-8-17-10-16-13-7-6-11(18(20)21)9-12(13)14(17)15(19)22-4-2/h6-7,9H,3-5,8,10H2,1-2H3. The number of rotatable bonds is 6. The van der Waals surface area contributed by atoms with Gasteiger partial charge in [0.25, 0.3) is 5.69 Å². The van der Waals surface area contributed by atoms with E-state index in [0.717, 1.165) is 12.8 Å². The van der Waals surface area contributed by atoms with E-state index in [1.807, 2.05) is 4.90 Å². The third-order valence-corrected chi connectivity index (χ3v) is 3.42. The molecule has 0 radical (unpaired) electrons. The molecule has 7 heteroatoms. The normalized spacial score (nSPS) is 13.4. The van der Waals surface area contributed by atoms with E-state index in [1.54, 1.807) is 13.0 Å². The molecule has 0 saturated heterocycles. The topological polar surface area (TPSA) is 85.0 Å². The number of carbonyl (C=O) groups is 1. The molecule has 0 unspecified atom stereocenters. The average molecular weight is 305 g/mol. The number of esters is 1. The molecule has 0 bridgehead atoms. The number of carbonyl (C=O) groups excluding carboxylic acids is 1. The summed E-state index contributed by atoms with van der Waals surface area (Å²) in [5, 5.41) is 12.0. The van der Waals surface area contributed by atoms with Crippen LogP contribution < -0.4 is 10.6 Å². The summed E-state index contributed by atoms with van der Waals surface area (Å²) in [5.74, 6) is -0.463. The molecule has 1 aromatic rings. The fourth-order valence-electron chi connectivity index (χ4n) is 2.34. The lowest BCUT2D eigenvalue weighted by molar-refractivity contribution is -0.385. The van der Waals surface area contributed by atoms with Crippen LogP contribution in [0.2, 0.25) is 0 Å². The minimum absolute atomic E-state index is 0.0620. The Morgan fingerprint density at radius 1 is 1.45 bits per heavy atom. The second kappa shape index (κ2) is 7.02. The molecular formula is C15H19N3O4. The molecule has 2 rings (SSSR count). The van der Waals surface area contributed by atoms with Gasteiger partial charge in [-0.15, -0.1) is 0 Å². The quantitative estimate of drug-likeness (QED) is 0.444. The molecule has 1 heterocycles. The molecular weight excluding hydrogens is 286 g/mol. The third-order valence-electron chi connectivity index (χ3n) is 3.42. The molecule has 0 N–H and O–H groups in total. The maximum absolute atomic E-state index is 12.3. The van der Waals surface area contributed by atoms with Gasteiger partial charge in [0.2, 0.25) is 0 Å². The predicted molar refractivity (Wildman–Crippen MR) is 80.4 cm³/mol. The van der Waals surface area contributed by atoms with Gasteiger partial charge < -0.3 is 9.64 Å². The minimum Gasteiger partial charge on any atom is -0.461 e. The Balaban J connectivity index is 2.60. The number of hydrogen-bond acceptors (Lipinski definition) is 6. The Morgan fingerprint density at radius 3 is 2.86 bits per heavy atom. The van der Waals surface area contributed by atoms with Gasteiger partial charge in [-0.1, -0.05) is 13.3 Å². The van der Waals surface area contributed by atoms with Crippen LogP contribution in [-0.2, 0) is 9.53 Å². The zero-order valence-electron chi connectivity index (χ0n) is 12.7. The Kier molecular flexibility index (Phi) is 5.08. The Hall–Kier alpha value is -2.44.